The number of aromatic hydroxyl groups is 2. The van der Waals surface area contributed by atoms with Crippen molar-refractivity contribution in [1.29, 1.82) is 0 Å². The highest BCUT2D eigenvalue weighted by molar-refractivity contribution is 5.90. The number of fused-ring (bicyclic) bond motifs is 1. The highest BCUT2D eigenvalue weighted by Crippen LogP contribution is 2.44. The molecule has 3 aromatic rings. The van der Waals surface area contributed by atoms with Crippen molar-refractivity contribution in [2.75, 3.05) is 20.2 Å². The number of benzene rings is 2. The van der Waals surface area contributed by atoms with Crippen LogP contribution in [0.2, 0.25) is 0 Å². The van der Waals surface area contributed by atoms with E-state index < -0.39 is 16.1 Å². The highest BCUT2D eigenvalue weighted by Gasteiger charge is 2.36. The maximum Gasteiger partial charge on any atom is 0.270 e. The first-order chi connectivity index (χ1) is 14.3. The summed E-state index contributed by atoms with van der Waals surface area (Å²) in [5.74, 6) is -0.906. The molecule has 0 radical (unpaired) electrons. The SMILES string of the molecule is CN1CC[C@@H](c2c(O)cc(O)c3c(=O)cc(-c4cccc([N+](=O)[O-])c4)oc23)[C@@H]1CO.Cl. The van der Waals surface area contributed by atoms with Gasteiger partial charge in [0.1, 0.15) is 28.2 Å². The van der Waals surface area contributed by atoms with Gasteiger partial charge in [0.15, 0.2) is 5.43 Å². The molecule has 1 fully saturated rings. The molecule has 9 nitrogen and oxygen atoms in total. The molecule has 1 aliphatic rings. The largest absolute Gasteiger partial charge is 0.507 e. The first kappa shape index (κ1) is 22.5. The van der Waals surface area contributed by atoms with Crippen LogP contribution in [0.1, 0.15) is 17.9 Å². The summed E-state index contributed by atoms with van der Waals surface area (Å²) in [6.45, 7) is 0.518. The zero-order valence-electron chi connectivity index (χ0n) is 16.5. The molecular weight excluding hydrogens is 428 g/mol. The van der Waals surface area contributed by atoms with Crippen molar-refractivity contribution in [3.8, 4) is 22.8 Å². The number of rotatable bonds is 4. The number of nitro benzene ring substituents is 1. The van der Waals surface area contributed by atoms with Gasteiger partial charge in [-0.1, -0.05) is 12.1 Å². The Morgan fingerprint density at radius 1 is 1.23 bits per heavy atom. The van der Waals surface area contributed by atoms with E-state index >= 15 is 0 Å². The number of aliphatic hydroxyl groups excluding tert-OH is 1. The monoisotopic (exact) mass is 448 g/mol. The van der Waals surface area contributed by atoms with Crippen molar-refractivity contribution >= 4 is 29.1 Å². The molecule has 2 heterocycles. The molecule has 0 unspecified atom stereocenters. The summed E-state index contributed by atoms with van der Waals surface area (Å²) in [6.07, 6.45) is 0.611. The van der Waals surface area contributed by atoms with Crippen molar-refractivity contribution in [3.05, 3.63) is 62.3 Å². The molecule has 164 valence electrons. The lowest BCUT2D eigenvalue weighted by Crippen LogP contribution is -2.32. The first-order valence-corrected chi connectivity index (χ1v) is 9.40. The molecule has 0 saturated carbocycles. The Kier molecular flexibility index (Phi) is 6.21. The van der Waals surface area contributed by atoms with Gasteiger partial charge in [-0.15, -0.1) is 12.4 Å². The van der Waals surface area contributed by atoms with Gasteiger partial charge < -0.3 is 24.6 Å². The van der Waals surface area contributed by atoms with E-state index in [1.807, 2.05) is 11.9 Å². The number of hydrogen-bond donors (Lipinski definition) is 3. The Morgan fingerprint density at radius 3 is 2.65 bits per heavy atom. The third-order valence-electron chi connectivity index (χ3n) is 5.72. The fraction of sp³-hybridized carbons (Fsp3) is 0.286. The lowest BCUT2D eigenvalue weighted by molar-refractivity contribution is -0.384. The van der Waals surface area contributed by atoms with Crippen LogP contribution in [0, 0.1) is 10.1 Å². The lowest BCUT2D eigenvalue weighted by Gasteiger charge is -2.24. The third kappa shape index (κ3) is 3.83. The number of hydrogen-bond acceptors (Lipinski definition) is 8. The predicted octanol–water partition coefficient (Wildman–Crippen LogP) is 2.98. The Bertz CT molecular complexity index is 1210. The van der Waals surface area contributed by atoms with Crippen LogP contribution in [-0.4, -0.2) is 51.4 Å². The van der Waals surface area contributed by atoms with Crippen LogP contribution in [0.25, 0.3) is 22.3 Å². The molecule has 0 aliphatic carbocycles. The third-order valence-corrected chi connectivity index (χ3v) is 5.72. The molecular formula is C21H21ClN2O7. The second-order valence-corrected chi connectivity index (χ2v) is 7.44. The number of phenolic OH excluding ortho intramolecular Hbond substituents is 2. The summed E-state index contributed by atoms with van der Waals surface area (Å²) >= 11 is 0. The molecule has 3 N–H and O–H groups in total. The summed E-state index contributed by atoms with van der Waals surface area (Å²) < 4.78 is 5.95. The van der Waals surface area contributed by atoms with Gasteiger partial charge in [0.25, 0.3) is 5.69 Å². The summed E-state index contributed by atoms with van der Waals surface area (Å²) in [5.41, 5.74) is -0.0366. The number of nitro groups is 1. The number of likely N-dealkylation sites (N-methyl/N-ethyl adjacent to an activating group) is 1. The van der Waals surface area contributed by atoms with Crippen LogP contribution in [0.5, 0.6) is 11.5 Å². The van der Waals surface area contributed by atoms with Gasteiger partial charge in [0, 0.05) is 47.4 Å². The summed E-state index contributed by atoms with van der Waals surface area (Å²) in [4.78, 5) is 25.3. The molecule has 2 atom stereocenters. The zero-order chi connectivity index (χ0) is 21.6. The average molecular weight is 449 g/mol. The van der Waals surface area contributed by atoms with E-state index in [1.165, 1.54) is 18.2 Å². The summed E-state index contributed by atoms with van der Waals surface area (Å²) in [7, 11) is 1.85. The minimum atomic E-state index is -0.550. The maximum absolute atomic E-state index is 12.8. The van der Waals surface area contributed by atoms with Crippen molar-refractivity contribution in [1.82, 2.24) is 4.90 Å². The number of halogens is 1. The Balaban J connectivity index is 0.00000272. The predicted molar refractivity (Wildman–Crippen MR) is 116 cm³/mol. The minimum Gasteiger partial charge on any atom is -0.507 e. The van der Waals surface area contributed by atoms with Gasteiger partial charge in [-0.2, -0.15) is 0 Å². The second kappa shape index (κ2) is 8.54. The van der Waals surface area contributed by atoms with Gasteiger partial charge in [0.2, 0.25) is 0 Å². The molecule has 0 bridgehead atoms. The maximum atomic E-state index is 12.8. The molecule has 1 saturated heterocycles. The van der Waals surface area contributed by atoms with Crippen LogP contribution >= 0.6 is 12.4 Å². The number of phenols is 2. The van der Waals surface area contributed by atoms with Crippen molar-refractivity contribution in [2.45, 2.75) is 18.4 Å². The first-order valence-electron chi connectivity index (χ1n) is 9.40. The zero-order valence-corrected chi connectivity index (χ0v) is 17.3. The Morgan fingerprint density at radius 2 is 1.97 bits per heavy atom. The van der Waals surface area contributed by atoms with Crippen LogP contribution in [0.15, 0.2) is 45.6 Å². The Labute approximate surface area is 182 Å². The smallest absolute Gasteiger partial charge is 0.270 e. The Hall–Kier alpha value is -3.14. The number of non-ortho nitro benzene ring substituents is 1. The molecule has 0 spiro atoms. The van der Waals surface area contributed by atoms with E-state index in [4.69, 9.17) is 4.42 Å². The van der Waals surface area contributed by atoms with Crippen molar-refractivity contribution < 1.29 is 24.7 Å². The van der Waals surface area contributed by atoms with E-state index in [0.29, 0.717) is 24.1 Å². The normalized spacial score (nSPS) is 18.8. The fourth-order valence-electron chi connectivity index (χ4n) is 4.21. The van der Waals surface area contributed by atoms with Crippen LogP contribution in [0.4, 0.5) is 5.69 Å². The average Bonchev–Trinajstić information content (AvgIpc) is 3.07. The van der Waals surface area contributed by atoms with Gasteiger partial charge >= 0.3 is 0 Å². The quantitative estimate of drug-likeness (QED) is 0.409. The number of likely N-dealkylation sites (tertiary alicyclic amines) is 1. The highest BCUT2D eigenvalue weighted by atomic mass is 35.5. The molecule has 10 heteroatoms. The molecule has 0 amide bonds. The number of aliphatic hydroxyl groups is 1. The minimum absolute atomic E-state index is 0. The van der Waals surface area contributed by atoms with Gasteiger partial charge in [-0.3, -0.25) is 14.9 Å². The molecule has 2 aromatic carbocycles. The van der Waals surface area contributed by atoms with Crippen LogP contribution < -0.4 is 5.43 Å². The topological polar surface area (TPSA) is 137 Å². The lowest BCUT2D eigenvalue weighted by atomic mass is 9.89. The van der Waals surface area contributed by atoms with Gasteiger partial charge in [-0.05, 0) is 20.0 Å². The van der Waals surface area contributed by atoms with E-state index in [-0.39, 0.29) is 59.1 Å². The molecule has 31 heavy (non-hydrogen) atoms. The van der Waals surface area contributed by atoms with Crippen LogP contribution in [-0.2, 0) is 0 Å². The molecule has 4 rings (SSSR count). The van der Waals surface area contributed by atoms with Gasteiger partial charge in [-0.25, -0.2) is 0 Å². The van der Waals surface area contributed by atoms with E-state index in [2.05, 4.69) is 0 Å². The molecule has 1 aliphatic heterocycles. The standard InChI is InChI=1S/C21H20N2O7.ClH/c1-22-6-5-13(14(22)10-24)19-15(25)8-16(26)20-17(27)9-18(30-21(19)20)11-3-2-4-12(7-11)23(28)29;/h2-4,7-9,13-14,24-26H,5-6,10H2,1H3;1H/t13-,14+;/m1./s1. The summed E-state index contributed by atoms with van der Waals surface area (Å²) in [5, 5.41) is 41.7. The van der Waals surface area contributed by atoms with E-state index in [1.54, 1.807) is 6.07 Å². The van der Waals surface area contributed by atoms with Crippen LogP contribution in [0.3, 0.4) is 0 Å². The van der Waals surface area contributed by atoms with Crippen molar-refractivity contribution in [2.24, 2.45) is 0 Å². The fourth-order valence-corrected chi connectivity index (χ4v) is 4.21. The van der Waals surface area contributed by atoms with E-state index in [9.17, 15) is 30.2 Å². The molecule has 1 aromatic heterocycles. The van der Waals surface area contributed by atoms with Crippen molar-refractivity contribution in [3.63, 3.8) is 0 Å². The van der Waals surface area contributed by atoms with E-state index in [0.717, 1.165) is 12.1 Å². The second-order valence-electron chi connectivity index (χ2n) is 7.44. The number of nitrogens with zero attached hydrogens (tertiary/aromatic N) is 2. The summed E-state index contributed by atoms with van der Waals surface area (Å²) in [6, 6.07) is 7.63. The van der Waals surface area contributed by atoms with Gasteiger partial charge in [0.05, 0.1) is 11.5 Å².